The fourth-order valence-electron chi connectivity index (χ4n) is 2.88. The summed E-state index contributed by atoms with van der Waals surface area (Å²) in [5.41, 5.74) is -3.01. The standard InChI is InChI=1S/C23H15Cl2F3N2O3/c24-16-5-1-2-6-19(16)33-22(14-29,20-7-3-4-11-30-20)21(31)10-12-32-18-9-8-15(13-17(18)25)23(26,27)28/h1-9,11,13H,10,12H2. The average Bonchev–Trinajstić information content (AvgIpc) is 2.79. The molecule has 0 saturated heterocycles. The minimum atomic E-state index is -4.55. The van der Waals surface area contributed by atoms with Crippen molar-refractivity contribution in [3.05, 3.63) is 88.2 Å². The number of benzene rings is 2. The molecular weight excluding hydrogens is 480 g/mol. The van der Waals surface area contributed by atoms with E-state index in [-0.39, 0.29) is 40.3 Å². The Morgan fingerprint density at radius 2 is 1.73 bits per heavy atom. The number of hydrogen-bond donors (Lipinski definition) is 0. The van der Waals surface area contributed by atoms with E-state index < -0.39 is 23.1 Å². The van der Waals surface area contributed by atoms with Crippen LogP contribution in [0.5, 0.6) is 11.5 Å². The lowest BCUT2D eigenvalue weighted by atomic mass is 9.92. The number of nitriles is 1. The molecule has 0 spiro atoms. The lowest BCUT2D eigenvalue weighted by molar-refractivity contribution is -0.137. The third-order valence-electron chi connectivity index (χ3n) is 4.52. The van der Waals surface area contributed by atoms with Crippen molar-refractivity contribution < 1.29 is 27.4 Å². The summed E-state index contributed by atoms with van der Waals surface area (Å²) in [7, 11) is 0. The van der Waals surface area contributed by atoms with E-state index >= 15 is 0 Å². The maximum absolute atomic E-state index is 13.2. The van der Waals surface area contributed by atoms with E-state index in [0.717, 1.165) is 18.2 Å². The molecule has 10 heteroatoms. The molecule has 1 atom stereocenters. The van der Waals surface area contributed by atoms with Crippen LogP contribution in [-0.2, 0) is 16.6 Å². The maximum Gasteiger partial charge on any atom is 0.416 e. The van der Waals surface area contributed by atoms with Gasteiger partial charge >= 0.3 is 6.18 Å². The summed E-state index contributed by atoms with van der Waals surface area (Å²) in [5.74, 6) is -0.622. The van der Waals surface area contributed by atoms with Crippen molar-refractivity contribution in [3.63, 3.8) is 0 Å². The van der Waals surface area contributed by atoms with Crippen molar-refractivity contribution in [3.8, 4) is 17.6 Å². The second-order valence-corrected chi connectivity index (χ2v) is 7.52. The Balaban J connectivity index is 1.82. The summed E-state index contributed by atoms with van der Waals surface area (Å²) in [6.07, 6.45) is -3.47. The van der Waals surface area contributed by atoms with Crippen LogP contribution in [0.25, 0.3) is 0 Å². The summed E-state index contributed by atoms with van der Waals surface area (Å²) in [6, 6.07) is 15.5. The van der Waals surface area contributed by atoms with Crippen LogP contribution in [0.15, 0.2) is 66.9 Å². The Bertz CT molecular complexity index is 1180. The summed E-state index contributed by atoms with van der Waals surface area (Å²) in [6.45, 7) is -0.272. The SMILES string of the molecule is N#CC(Oc1ccccc1Cl)(C(=O)CCOc1ccc(C(F)(F)F)cc1Cl)c1ccccn1. The van der Waals surface area contributed by atoms with Gasteiger partial charge in [0.05, 0.1) is 22.2 Å². The highest BCUT2D eigenvalue weighted by Gasteiger charge is 2.44. The molecule has 2 aromatic carbocycles. The van der Waals surface area contributed by atoms with E-state index in [1.807, 2.05) is 6.07 Å². The number of ether oxygens (including phenoxy) is 2. The molecule has 33 heavy (non-hydrogen) atoms. The van der Waals surface area contributed by atoms with Gasteiger partial charge < -0.3 is 9.47 Å². The quantitative estimate of drug-likeness (QED) is 0.370. The first-order valence-corrected chi connectivity index (χ1v) is 10.2. The summed E-state index contributed by atoms with van der Waals surface area (Å²) in [5, 5.41) is 9.90. The molecule has 3 rings (SSSR count). The van der Waals surface area contributed by atoms with Crippen LogP contribution in [-0.4, -0.2) is 17.4 Å². The van der Waals surface area contributed by atoms with Crippen LogP contribution < -0.4 is 9.47 Å². The molecule has 1 unspecified atom stereocenters. The number of carbonyl (C=O) groups excluding carboxylic acids is 1. The monoisotopic (exact) mass is 494 g/mol. The number of halogens is 5. The second kappa shape index (κ2) is 10.1. The first-order valence-electron chi connectivity index (χ1n) is 9.46. The van der Waals surface area contributed by atoms with E-state index in [1.165, 1.54) is 24.4 Å². The summed E-state index contributed by atoms with van der Waals surface area (Å²) in [4.78, 5) is 17.3. The van der Waals surface area contributed by atoms with Gasteiger partial charge in [-0.1, -0.05) is 41.4 Å². The number of aromatic nitrogens is 1. The molecule has 0 aliphatic rings. The Hall–Kier alpha value is -3.28. The molecule has 3 aromatic rings. The van der Waals surface area contributed by atoms with Gasteiger partial charge in [0.15, 0.2) is 0 Å². The van der Waals surface area contributed by atoms with Gasteiger partial charge in [0.25, 0.3) is 5.60 Å². The molecule has 1 aromatic heterocycles. The van der Waals surface area contributed by atoms with Gasteiger partial charge in [0.2, 0.25) is 5.78 Å². The van der Waals surface area contributed by atoms with Gasteiger partial charge in [-0.3, -0.25) is 9.78 Å². The predicted octanol–water partition coefficient (Wildman–Crippen LogP) is 6.24. The molecule has 0 fully saturated rings. The normalized spacial score (nSPS) is 13.0. The number of hydrogen-bond acceptors (Lipinski definition) is 5. The third kappa shape index (κ3) is 5.56. The highest BCUT2D eigenvalue weighted by atomic mass is 35.5. The molecular formula is C23H15Cl2F3N2O3. The number of nitrogens with zero attached hydrogens (tertiary/aromatic N) is 2. The van der Waals surface area contributed by atoms with Crippen LogP contribution in [0, 0.1) is 11.3 Å². The van der Waals surface area contributed by atoms with E-state index in [1.54, 1.807) is 24.3 Å². The Labute approximate surface area is 197 Å². The number of pyridine rings is 1. The zero-order valence-electron chi connectivity index (χ0n) is 16.8. The van der Waals surface area contributed by atoms with E-state index in [9.17, 15) is 23.2 Å². The predicted molar refractivity (Wildman–Crippen MR) is 115 cm³/mol. The molecule has 0 amide bonds. The minimum Gasteiger partial charge on any atom is -0.492 e. The minimum absolute atomic E-state index is 0.0371. The van der Waals surface area contributed by atoms with Crippen molar-refractivity contribution in [2.45, 2.75) is 18.2 Å². The Morgan fingerprint density at radius 3 is 2.33 bits per heavy atom. The van der Waals surface area contributed by atoms with Crippen LogP contribution in [0.4, 0.5) is 13.2 Å². The molecule has 170 valence electrons. The summed E-state index contributed by atoms with van der Waals surface area (Å²) < 4.78 is 49.6. The Kier molecular flexibility index (Phi) is 7.46. The van der Waals surface area contributed by atoms with E-state index in [0.29, 0.717) is 0 Å². The van der Waals surface area contributed by atoms with Crippen molar-refractivity contribution in [1.82, 2.24) is 4.98 Å². The topological polar surface area (TPSA) is 72.2 Å². The highest BCUT2D eigenvalue weighted by Crippen LogP contribution is 2.36. The van der Waals surface area contributed by atoms with E-state index in [2.05, 4.69) is 4.98 Å². The fourth-order valence-corrected chi connectivity index (χ4v) is 3.29. The van der Waals surface area contributed by atoms with Gasteiger partial charge in [-0.25, -0.2) is 0 Å². The zero-order chi connectivity index (χ0) is 24.1. The van der Waals surface area contributed by atoms with Crippen molar-refractivity contribution >= 4 is 29.0 Å². The lowest BCUT2D eigenvalue weighted by Gasteiger charge is -2.26. The number of rotatable bonds is 8. The number of Topliss-reactive ketones (excluding diaryl/α,β-unsaturated/α-hetero) is 1. The maximum atomic E-state index is 13.2. The molecule has 1 heterocycles. The smallest absolute Gasteiger partial charge is 0.416 e. The number of alkyl halides is 3. The molecule has 0 aliphatic carbocycles. The number of para-hydroxylation sites is 1. The van der Waals surface area contributed by atoms with Crippen LogP contribution in [0.2, 0.25) is 10.0 Å². The molecule has 0 N–H and O–H groups in total. The average molecular weight is 495 g/mol. The molecule has 5 nitrogen and oxygen atoms in total. The molecule has 0 saturated carbocycles. The first-order chi connectivity index (χ1) is 15.7. The molecule has 0 aliphatic heterocycles. The Morgan fingerprint density at radius 1 is 1.00 bits per heavy atom. The number of carbonyl (C=O) groups is 1. The van der Waals surface area contributed by atoms with Crippen molar-refractivity contribution in [1.29, 1.82) is 5.26 Å². The largest absolute Gasteiger partial charge is 0.492 e. The van der Waals surface area contributed by atoms with E-state index in [4.69, 9.17) is 32.7 Å². The lowest BCUT2D eigenvalue weighted by Crippen LogP contribution is -2.42. The van der Waals surface area contributed by atoms with Gasteiger partial charge in [0.1, 0.15) is 23.3 Å². The molecule has 0 bridgehead atoms. The second-order valence-electron chi connectivity index (χ2n) is 6.71. The van der Waals surface area contributed by atoms with Crippen LogP contribution in [0.3, 0.4) is 0 Å². The van der Waals surface area contributed by atoms with Crippen LogP contribution in [0.1, 0.15) is 17.7 Å². The van der Waals surface area contributed by atoms with Gasteiger partial charge in [-0.05, 0) is 42.5 Å². The van der Waals surface area contributed by atoms with Crippen molar-refractivity contribution in [2.24, 2.45) is 0 Å². The van der Waals surface area contributed by atoms with Gasteiger partial charge in [-0.2, -0.15) is 18.4 Å². The first kappa shape index (κ1) is 24.4. The highest BCUT2D eigenvalue weighted by molar-refractivity contribution is 6.32. The third-order valence-corrected chi connectivity index (χ3v) is 5.13. The van der Waals surface area contributed by atoms with Gasteiger partial charge in [-0.15, -0.1) is 0 Å². The number of ketones is 1. The summed E-state index contributed by atoms with van der Waals surface area (Å²) >= 11 is 12.0. The van der Waals surface area contributed by atoms with Gasteiger partial charge in [0, 0.05) is 12.6 Å². The fraction of sp³-hybridized carbons (Fsp3) is 0.174. The molecule has 0 radical (unpaired) electrons. The van der Waals surface area contributed by atoms with Crippen LogP contribution >= 0.6 is 23.2 Å². The van der Waals surface area contributed by atoms with Crippen molar-refractivity contribution in [2.75, 3.05) is 6.61 Å². The zero-order valence-corrected chi connectivity index (χ0v) is 18.3.